The van der Waals surface area contributed by atoms with E-state index in [9.17, 15) is 8.42 Å². The summed E-state index contributed by atoms with van der Waals surface area (Å²) in [6.45, 7) is 3.81. The zero-order valence-electron chi connectivity index (χ0n) is 12.0. The fraction of sp³-hybridized carbons (Fsp3) is 0.538. The number of ether oxygens (including phenoxy) is 1. The molecule has 1 N–H and O–H groups in total. The first-order valence-corrected chi connectivity index (χ1v) is 8.59. The Hall–Kier alpha value is -0.470. The molecule has 20 heavy (non-hydrogen) atoms. The molecule has 0 amide bonds. The first kappa shape index (κ1) is 17.6. The van der Waals surface area contributed by atoms with Gasteiger partial charge in [-0.1, -0.05) is 15.9 Å². The Morgan fingerprint density at radius 1 is 1.30 bits per heavy atom. The van der Waals surface area contributed by atoms with Gasteiger partial charge >= 0.3 is 0 Å². The van der Waals surface area contributed by atoms with E-state index in [-0.39, 0.29) is 6.54 Å². The van der Waals surface area contributed by atoms with E-state index in [1.807, 2.05) is 19.0 Å². The van der Waals surface area contributed by atoms with Crippen LogP contribution < -0.4 is 4.72 Å². The summed E-state index contributed by atoms with van der Waals surface area (Å²) in [4.78, 5) is 2.31. The van der Waals surface area contributed by atoms with Crippen molar-refractivity contribution in [3.8, 4) is 0 Å². The van der Waals surface area contributed by atoms with E-state index in [1.54, 1.807) is 25.1 Å². The molecule has 0 radical (unpaired) electrons. The highest BCUT2D eigenvalue weighted by atomic mass is 79.9. The van der Waals surface area contributed by atoms with Crippen molar-refractivity contribution in [2.24, 2.45) is 0 Å². The molecule has 0 aliphatic heterocycles. The topological polar surface area (TPSA) is 58.6 Å². The molecule has 0 spiro atoms. The van der Waals surface area contributed by atoms with Crippen LogP contribution in [0.2, 0.25) is 0 Å². The molecule has 0 aliphatic rings. The van der Waals surface area contributed by atoms with Crippen molar-refractivity contribution in [2.75, 3.05) is 40.4 Å². The number of nitrogens with zero attached hydrogens (tertiary/aromatic N) is 1. The van der Waals surface area contributed by atoms with Gasteiger partial charge in [-0.15, -0.1) is 0 Å². The fourth-order valence-electron chi connectivity index (χ4n) is 1.59. The average Bonchev–Trinajstić information content (AvgIpc) is 2.32. The zero-order chi connectivity index (χ0) is 15.2. The number of sulfonamides is 1. The zero-order valence-corrected chi connectivity index (χ0v) is 14.4. The second-order valence-electron chi connectivity index (χ2n) is 4.72. The molecule has 0 unspecified atom stereocenters. The Morgan fingerprint density at radius 2 is 2.00 bits per heavy atom. The summed E-state index contributed by atoms with van der Waals surface area (Å²) >= 11 is 3.32. The van der Waals surface area contributed by atoms with Gasteiger partial charge in [-0.2, -0.15) is 0 Å². The molecule has 0 saturated carbocycles. The minimum Gasteiger partial charge on any atom is -0.379 e. The molecular weight excluding hydrogens is 344 g/mol. The van der Waals surface area contributed by atoms with E-state index in [1.165, 1.54) is 0 Å². The lowest BCUT2D eigenvalue weighted by Gasteiger charge is -2.11. The predicted octanol–water partition coefficient (Wildman–Crippen LogP) is 1.61. The van der Waals surface area contributed by atoms with E-state index in [2.05, 4.69) is 20.7 Å². The number of nitrogens with one attached hydrogen (secondary N) is 1. The standard InChI is InChI=1S/C13H21BrN2O3S/c1-11-10-12(14)4-5-13(11)20(17,18)15-6-8-19-9-7-16(2)3/h4-5,10,15H,6-9H2,1-3H3. The van der Waals surface area contributed by atoms with Crippen LogP contribution in [0.15, 0.2) is 27.6 Å². The molecule has 0 heterocycles. The molecule has 1 aromatic rings. The average molecular weight is 365 g/mol. The summed E-state index contributed by atoms with van der Waals surface area (Å²) < 4.78 is 33.0. The van der Waals surface area contributed by atoms with Crippen LogP contribution in [-0.2, 0) is 14.8 Å². The first-order valence-electron chi connectivity index (χ1n) is 6.31. The van der Waals surface area contributed by atoms with Crippen molar-refractivity contribution in [2.45, 2.75) is 11.8 Å². The molecule has 114 valence electrons. The van der Waals surface area contributed by atoms with Gasteiger partial charge in [0.05, 0.1) is 18.1 Å². The highest BCUT2D eigenvalue weighted by Crippen LogP contribution is 2.19. The van der Waals surface area contributed by atoms with Crippen molar-refractivity contribution in [1.82, 2.24) is 9.62 Å². The van der Waals surface area contributed by atoms with Crippen LogP contribution in [-0.4, -0.2) is 53.7 Å². The second kappa shape index (κ2) is 8.09. The largest absolute Gasteiger partial charge is 0.379 e. The van der Waals surface area contributed by atoms with E-state index >= 15 is 0 Å². The maximum atomic E-state index is 12.1. The first-order chi connectivity index (χ1) is 9.33. The molecule has 0 aliphatic carbocycles. The van der Waals surface area contributed by atoms with Gasteiger partial charge in [-0.3, -0.25) is 0 Å². The van der Waals surface area contributed by atoms with Crippen molar-refractivity contribution < 1.29 is 13.2 Å². The van der Waals surface area contributed by atoms with Crippen LogP contribution in [0.4, 0.5) is 0 Å². The third-order valence-corrected chi connectivity index (χ3v) is 4.76. The van der Waals surface area contributed by atoms with Gasteiger partial charge in [0.25, 0.3) is 0 Å². The third-order valence-electron chi connectivity index (χ3n) is 2.65. The van der Waals surface area contributed by atoms with Crippen molar-refractivity contribution >= 4 is 26.0 Å². The summed E-state index contributed by atoms with van der Waals surface area (Å²) in [6.07, 6.45) is 0. The normalized spacial score (nSPS) is 12.1. The third kappa shape index (κ3) is 5.88. The van der Waals surface area contributed by atoms with Crippen molar-refractivity contribution in [3.05, 3.63) is 28.2 Å². The van der Waals surface area contributed by atoms with Crippen LogP contribution in [0.25, 0.3) is 0 Å². The van der Waals surface area contributed by atoms with Crippen LogP contribution in [0.5, 0.6) is 0 Å². The molecule has 0 bridgehead atoms. The molecule has 0 atom stereocenters. The summed E-state index contributed by atoms with van der Waals surface area (Å²) in [5.74, 6) is 0. The highest BCUT2D eigenvalue weighted by Gasteiger charge is 2.15. The SMILES string of the molecule is Cc1cc(Br)ccc1S(=O)(=O)NCCOCCN(C)C. The van der Waals surface area contributed by atoms with Crippen LogP contribution in [0.1, 0.15) is 5.56 Å². The van der Waals surface area contributed by atoms with Crippen LogP contribution >= 0.6 is 15.9 Å². The Morgan fingerprint density at radius 3 is 2.60 bits per heavy atom. The Balaban J connectivity index is 2.46. The van der Waals surface area contributed by atoms with Gasteiger partial charge < -0.3 is 9.64 Å². The van der Waals surface area contributed by atoms with Crippen LogP contribution in [0.3, 0.4) is 0 Å². The second-order valence-corrected chi connectivity index (χ2v) is 7.37. The van der Waals surface area contributed by atoms with E-state index < -0.39 is 10.0 Å². The Bertz CT molecular complexity index is 532. The summed E-state index contributed by atoms with van der Waals surface area (Å²) in [5.41, 5.74) is 0.709. The van der Waals surface area contributed by atoms with Gasteiger partial charge in [-0.25, -0.2) is 13.1 Å². The lowest BCUT2D eigenvalue weighted by atomic mass is 10.2. The molecule has 5 nitrogen and oxygen atoms in total. The van der Waals surface area contributed by atoms with Gasteiger partial charge in [-0.05, 0) is 44.8 Å². The summed E-state index contributed by atoms with van der Waals surface area (Å²) in [6, 6.07) is 5.09. The highest BCUT2D eigenvalue weighted by molar-refractivity contribution is 9.10. The van der Waals surface area contributed by atoms with Crippen molar-refractivity contribution in [1.29, 1.82) is 0 Å². The Kier molecular flexibility index (Phi) is 7.11. The maximum absolute atomic E-state index is 12.1. The number of rotatable bonds is 8. The minimum atomic E-state index is -3.47. The van der Waals surface area contributed by atoms with E-state index in [0.29, 0.717) is 23.7 Å². The number of likely N-dealkylation sites (N-methyl/N-ethyl adjacent to an activating group) is 1. The molecular formula is C13H21BrN2O3S. The number of aryl methyl sites for hydroxylation is 1. The monoisotopic (exact) mass is 364 g/mol. The van der Waals surface area contributed by atoms with Gasteiger partial charge in [0.1, 0.15) is 0 Å². The van der Waals surface area contributed by atoms with E-state index in [0.717, 1.165) is 11.0 Å². The van der Waals surface area contributed by atoms with Gasteiger partial charge in [0.15, 0.2) is 0 Å². The summed E-state index contributed by atoms with van der Waals surface area (Å²) in [7, 11) is 0.449. The van der Waals surface area contributed by atoms with Gasteiger partial charge in [0, 0.05) is 17.6 Å². The molecule has 7 heteroatoms. The number of hydrogen-bond acceptors (Lipinski definition) is 4. The van der Waals surface area contributed by atoms with Crippen LogP contribution in [0, 0.1) is 6.92 Å². The quantitative estimate of drug-likeness (QED) is 0.712. The van der Waals surface area contributed by atoms with E-state index in [4.69, 9.17) is 4.74 Å². The van der Waals surface area contributed by atoms with Crippen molar-refractivity contribution in [3.63, 3.8) is 0 Å². The lowest BCUT2D eigenvalue weighted by Crippen LogP contribution is -2.29. The number of benzene rings is 1. The smallest absolute Gasteiger partial charge is 0.240 e. The fourth-order valence-corrected chi connectivity index (χ4v) is 3.30. The molecule has 1 aromatic carbocycles. The maximum Gasteiger partial charge on any atom is 0.240 e. The molecule has 0 saturated heterocycles. The lowest BCUT2D eigenvalue weighted by molar-refractivity contribution is 0.122. The number of hydrogen-bond donors (Lipinski definition) is 1. The molecule has 1 rings (SSSR count). The molecule has 0 aromatic heterocycles. The van der Waals surface area contributed by atoms with Gasteiger partial charge in [0.2, 0.25) is 10.0 Å². The minimum absolute atomic E-state index is 0.269. The number of halogens is 1. The Labute approximate surface area is 129 Å². The molecule has 0 fully saturated rings. The summed E-state index contributed by atoms with van der Waals surface area (Å²) in [5, 5.41) is 0. The predicted molar refractivity (Wildman–Crippen MR) is 83.4 cm³/mol.